The molecule has 0 unspecified atom stereocenters. The quantitative estimate of drug-likeness (QED) is 0.365. The van der Waals surface area contributed by atoms with Gasteiger partial charge in [-0.25, -0.2) is 4.98 Å². The van der Waals surface area contributed by atoms with E-state index in [4.69, 9.17) is 4.74 Å². The normalized spacial score (nSPS) is 11.2. The first-order valence-electron chi connectivity index (χ1n) is 10.7. The van der Waals surface area contributed by atoms with Crippen LogP contribution in [0.2, 0.25) is 0 Å². The molecule has 1 N–H and O–H groups in total. The summed E-state index contributed by atoms with van der Waals surface area (Å²) in [6.45, 7) is 8.08. The standard InChI is InChI=1S/C26H29N3O/c1-4-15-30-24-12-10-23(11-13-24)29-18-28-25-16-22(9-14-26(25)29)27-17-20-5-7-21(8-6-20)19(2)3/h5-14,16,18-19,27H,4,15,17H2,1-3H3. The molecular formula is C26H29N3O. The number of hydrogen-bond acceptors (Lipinski definition) is 3. The number of imidazole rings is 1. The van der Waals surface area contributed by atoms with Crippen molar-refractivity contribution in [1.82, 2.24) is 9.55 Å². The van der Waals surface area contributed by atoms with Gasteiger partial charge in [-0.2, -0.15) is 0 Å². The second-order valence-corrected chi connectivity index (χ2v) is 7.91. The van der Waals surface area contributed by atoms with Crippen LogP contribution in [-0.2, 0) is 6.54 Å². The van der Waals surface area contributed by atoms with Gasteiger partial charge in [-0.15, -0.1) is 0 Å². The summed E-state index contributed by atoms with van der Waals surface area (Å²) in [5, 5.41) is 3.51. The van der Waals surface area contributed by atoms with Crippen LogP contribution in [0, 0.1) is 0 Å². The molecule has 0 aliphatic heterocycles. The lowest BCUT2D eigenvalue weighted by Crippen LogP contribution is -2.00. The van der Waals surface area contributed by atoms with Crippen LogP contribution < -0.4 is 10.1 Å². The lowest BCUT2D eigenvalue weighted by atomic mass is 10.0. The Balaban J connectivity index is 1.46. The van der Waals surface area contributed by atoms with E-state index in [1.54, 1.807) is 0 Å². The number of benzene rings is 3. The van der Waals surface area contributed by atoms with Crippen LogP contribution in [-0.4, -0.2) is 16.2 Å². The number of rotatable bonds is 8. The number of nitrogens with one attached hydrogen (secondary N) is 1. The van der Waals surface area contributed by atoms with E-state index < -0.39 is 0 Å². The van der Waals surface area contributed by atoms with E-state index in [1.807, 2.05) is 18.5 Å². The van der Waals surface area contributed by atoms with Crippen molar-refractivity contribution < 1.29 is 4.74 Å². The molecule has 30 heavy (non-hydrogen) atoms. The lowest BCUT2D eigenvalue weighted by molar-refractivity contribution is 0.317. The van der Waals surface area contributed by atoms with E-state index in [-0.39, 0.29) is 0 Å². The van der Waals surface area contributed by atoms with Gasteiger partial charge in [0.25, 0.3) is 0 Å². The second-order valence-electron chi connectivity index (χ2n) is 7.91. The van der Waals surface area contributed by atoms with Crippen molar-refractivity contribution in [3.63, 3.8) is 0 Å². The molecule has 4 aromatic rings. The summed E-state index contributed by atoms with van der Waals surface area (Å²) in [6.07, 6.45) is 2.88. The molecule has 4 heteroatoms. The van der Waals surface area contributed by atoms with E-state index in [0.29, 0.717) is 5.92 Å². The van der Waals surface area contributed by atoms with E-state index in [9.17, 15) is 0 Å². The highest BCUT2D eigenvalue weighted by Crippen LogP contribution is 2.24. The Hall–Kier alpha value is -3.27. The van der Waals surface area contributed by atoms with Gasteiger partial charge in [-0.05, 0) is 65.9 Å². The maximum atomic E-state index is 5.68. The van der Waals surface area contributed by atoms with E-state index in [0.717, 1.165) is 47.7 Å². The van der Waals surface area contributed by atoms with Gasteiger partial charge in [-0.1, -0.05) is 45.0 Å². The Kier molecular flexibility index (Phi) is 6.03. The minimum Gasteiger partial charge on any atom is -0.494 e. The maximum absolute atomic E-state index is 5.68. The molecule has 4 rings (SSSR count). The third-order valence-corrected chi connectivity index (χ3v) is 5.28. The molecule has 0 bridgehead atoms. The van der Waals surface area contributed by atoms with Crippen molar-refractivity contribution in [2.75, 3.05) is 11.9 Å². The minimum atomic E-state index is 0.560. The summed E-state index contributed by atoms with van der Waals surface area (Å²) in [4.78, 5) is 4.61. The maximum Gasteiger partial charge on any atom is 0.119 e. The van der Waals surface area contributed by atoms with Gasteiger partial charge in [0.1, 0.15) is 12.1 Å². The number of fused-ring (bicyclic) bond motifs is 1. The molecule has 4 nitrogen and oxygen atoms in total. The van der Waals surface area contributed by atoms with Crippen LogP contribution in [0.5, 0.6) is 5.75 Å². The fourth-order valence-corrected chi connectivity index (χ4v) is 3.48. The number of nitrogens with zero attached hydrogens (tertiary/aromatic N) is 2. The molecule has 0 aliphatic carbocycles. The third kappa shape index (κ3) is 4.48. The van der Waals surface area contributed by atoms with E-state index in [2.05, 4.69) is 90.2 Å². The first-order valence-corrected chi connectivity index (χ1v) is 10.7. The predicted molar refractivity (Wildman–Crippen MR) is 125 cm³/mol. The summed E-state index contributed by atoms with van der Waals surface area (Å²) >= 11 is 0. The molecular weight excluding hydrogens is 370 g/mol. The first kappa shape index (κ1) is 20.0. The van der Waals surface area contributed by atoms with Crippen LogP contribution in [0.4, 0.5) is 5.69 Å². The molecule has 154 valence electrons. The summed E-state index contributed by atoms with van der Waals surface area (Å²) in [6, 6.07) is 23.3. The number of aromatic nitrogens is 2. The molecule has 0 aliphatic rings. The molecule has 0 saturated heterocycles. The van der Waals surface area contributed by atoms with Crippen LogP contribution in [0.25, 0.3) is 16.7 Å². The van der Waals surface area contributed by atoms with Gasteiger partial charge in [0.2, 0.25) is 0 Å². The summed E-state index contributed by atoms with van der Waals surface area (Å²) in [5.74, 6) is 1.46. The molecule has 3 aromatic carbocycles. The van der Waals surface area contributed by atoms with E-state index >= 15 is 0 Å². The zero-order valence-electron chi connectivity index (χ0n) is 17.9. The lowest BCUT2D eigenvalue weighted by Gasteiger charge is -2.10. The SMILES string of the molecule is CCCOc1ccc(-n2cnc3cc(NCc4ccc(C(C)C)cc4)ccc32)cc1. The van der Waals surface area contributed by atoms with Crippen LogP contribution in [0.15, 0.2) is 73.1 Å². The molecule has 0 radical (unpaired) electrons. The fraction of sp³-hybridized carbons (Fsp3) is 0.269. The van der Waals surface area contributed by atoms with Crippen LogP contribution in [0.3, 0.4) is 0 Å². The zero-order valence-corrected chi connectivity index (χ0v) is 17.9. The van der Waals surface area contributed by atoms with Gasteiger partial charge in [0.15, 0.2) is 0 Å². The zero-order chi connectivity index (χ0) is 20.9. The van der Waals surface area contributed by atoms with Crippen molar-refractivity contribution in [1.29, 1.82) is 0 Å². The Morgan fingerprint density at radius 3 is 2.43 bits per heavy atom. The highest BCUT2D eigenvalue weighted by Gasteiger charge is 2.07. The minimum absolute atomic E-state index is 0.560. The Labute approximate surface area is 178 Å². The third-order valence-electron chi connectivity index (χ3n) is 5.28. The molecule has 0 amide bonds. The van der Waals surface area contributed by atoms with Gasteiger partial charge in [-0.3, -0.25) is 4.57 Å². The molecule has 0 spiro atoms. The molecule has 0 fully saturated rings. The van der Waals surface area contributed by atoms with E-state index in [1.165, 1.54) is 11.1 Å². The van der Waals surface area contributed by atoms with Crippen molar-refractivity contribution in [2.45, 2.75) is 39.7 Å². The predicted octanol–water partition coefficient (Wildman–Crippen LogP) is 6.55. The topological polar surface area (TPSA) is 39.1 Å². The highest BCUT2D eigenvalue weighted by atomic mass is 16.5. The Bertz CT molecular complexity index is 1100. The first-order chi connectivity index (χ1) is 14.6. The smallest absolute Gasteiger partial charge is 0.119 e. The van der Waals surface area contributed by atoms with Crippen molar-refractivity contribution in [2.24, 2.45) is 0 Å². The molecule has 1 heterocycles. The van der Waals surface area contributed by atoms with Gasteiger partial charge < -0.3 is 10.1 Å². The fourth-order valence-electron chi connectivity index (χ4n) is 3.48. The summed E-state index contributed by atoms with van der Waals surface area (Å²) in [7, 11) is 0. The molecule has 1 aromatic heterocycles. The highest BCUT2D eigenvalue weighted by molar-refractivity contribution is 5.81. The van der Waals surface area contributed by atoms with Gasteiger partial charge in [0, 0.05) is 17.9 Å². The van der Waals surface area contributed by atoms with Crippen molar-refractivity contribution in [3.8, 4) is 11.4 Å². The number of ether oxygens (including phenoxy) is 1. The number of anilines is 1. The summed E-state index contributed by atoms with van der Waals surface area (Å²) < 4.78 is 7.78. The average Bonchev–Trinajstić information content (AvgIpc) is 3.20. The van der Waals surface area contributed by atoms with Gasteiger partial charge >= 0.3 is 0 Å². The average molecular weight is 400 g/mol. The van der Waals surface area contributed by atoms with Gasteiger partial charge in [0.05, 0.1) is 17.6 Å². The largest absolute Gasteiger partial charge is 0.494 e. The van der Waals surface area contributed by atoms with Crippen molar-refractivity contribution >= 4 is 16.7 Å². The Morgan fingerprint density at radius 2 is 1.73 bits per heavy atom. The second kappa shape index (κ2) is 9.04. The Morgan fingerprint density at radius 1 is 0.967 bits per heavy atom. The van der Waals surface area contributed by atoms with Crippen LogP contribution >= 0.6 is 0 Å². The number of hydrogen-bond donors (Lipinski definition) is 1. The van der Waals surface area contributed by atoms with Crippen molar-refractivity contribution in [3.05, 3.63) is 84.2 Å². The summed E-state index contributed by atoms with van der Waals surface area (Å²) in [5.41, 5.74) is 6.85. The molecule has 0 atom stereocenters. The van der Waals surface area contributed by atoms with Crippen LogP contribution in [0.1, 0.15) is 44.2 Å². The monoisotopic (exact) mass is 399 g/mol. The molecule has 0 saturated carbocycles.